The first-order valence-corrected chi connectivity index (χ1v) is 25.3. The predicted molar refractivity (Wildman–Crippen MR) is 250 cm³/mol. The lowest BCUT2D eigenvalue weighted by molar-refractivity contribution is -0.167. The molecule has 0 spiro atoms. The Bertz CT molecular complexity index is 1160. The number of nitrogens with zero attached hydrogens (tertiary/aromatic N) is 1. The van der Waals surface area contributed by atoms with Crippen LogP contribution in [0, 0.1) is 5.92 Å². The Morgan fingerprint density at radius 3 is 1.48 bits per heavy atom. The Kier molecular flexibility index (Phi) is 41.2. The minimum absolute atomic E-state index is 0.0673. The first-order chi connectivity index (χ1) is 30.1. The van der Waals surface area contributed by atoms with Gasteiger partial charge in [-0.05, 0) is 91.3 Å². The van der Waals surface area contributed by atoms with Crippen LogP contribution >= 0.6 is 0 Å². The van der Waals surface area contributed by atoms with E-state index in [1.807, 2.05) is 25.1 Å². The molecule has 11 heteroatoms. The number of rotatable bonds is 44. The summed E-state index contributed by atoms with van der Waals surface area (Å²) in [4.78, 5) is 65.8. The molecule has 0 heterocycles. The molecule has 0 amide bonds. The second kappa shape index (κ2) is 43.3. The van der Waals surface area contributed by atoms with Crippen LogP contribution in [0.2, 0.25) is 0 Å². The highest BCUT2D eigenvalue weighted by Crippen LogP contribution is 2.21. The van der Waals surface area contributed by atoms with Gasteiger partial charge < -0.3 is 28.6 Å². The maximum atomic E-state index is 13.0. The maximum absolute atomic E-state index is 13.0. The van der Waals surface area contributed by atoms with Crippen molar-refractivity contribution in [2.24, 2.45) is 5.92 Å². The number of carbonyl (C=O) groups is 5. The lowest BCUT2D eigenvalue weighted by atomic mass is 9.94. The number of esters is 5. The average Bonchev–Trinajstić information content (AvgIpc) is 3.25. The van der Waals surface area contributed by atoms with Crippen molar-refractivity contribution in [3.63, 3.8) is 0 Å². The first kappa shape index (κ1) is 59.0. The molecule has 2 atom stereocenters. The van der Waals surface area contributed by atoms with Crippen molar-refractivity contribution in [3.8, 4) is 0 Å². The van der Waals surface area contributed by atoms with Crippen molar-refractivity contribution in [1.29, 1.82) is 0 Å². The number of ether oxygens (including phenoxy) is 5. The fourth-order valence-electron chi connectivity index (χ4n) is 7.13. The molecule has 11 nitrogen and oxygen atoms in total. The zero-order valence-corrected chi connectivity index (χ0v) is 40.7. The van der Waals surface area contributed by atoms with E-state index < -0.39 is 24.0 Å². The standard InChI is InChI=1S/C51H93NO10/c1-7-11-15-19-21-25-34-44(32-23-17-13-9-3)50(56)58-40-29-27-36-47(53)60-42-46(43-61-48(54)38-31-39-52(5)6)62-49(55)37-28-30-41-59-51(57)45(33-24-18-14-10-4)35-26-22-20-16-12-8-2/h33,44,46H,7-32,34-43H2,1-6H3/b45-33+/t44?,46-/m1/s1. The molecule has 0 saturated carbocycles. The van der Waals surface area contributed by atoms with E-state index in [4.69, 9.17) is 23.7 Å². The predicted octanol–water partition coefficient (Wildman–Crippen LogP) is 12.3. The van der Waals surface area contributed by atoms with Gasteiger partial charge in [-0.1, -0.05) is 143 Å². The van der Waals surface area contributed by atoms with Crippen molar-refractivity contribution >= 4 is 29.8 Å². The van der Waals surface area contributed by atoms with E-state index in [2.05, 4.69) is 27.7 Å². The highest BCUT2D eigenvalue weighted by atomic mass is 16.6. The summed E-state index contributed by atoms with van der Waals surface area (Å²) in [6.07, 6.45) is 29.3. The van der Waals surface area contributed by atoms with E-state index >= 15 is 0 Å². The van der Waals surface area contributed by atoms with Gasteiger partial charge >= 0.3 is 29.8 Å². The monoisotopic (exact) mass is 880 g/mol. The zero-order chi connectivity index (χ0) is 45.9. The number of hydrogen-bond donors (Lipinski definition) is 0. The first-order valence-electron chi connectivity index (χ1n) is 25.3. The van der Waals surface area contributed by atoms with Gasteiger partial charge in [0.25, 0.3) is 0 Å². The van der Waals surface area contributed by atoms with E-state index in [0.29, 0.717) is 32.1 Å². The lowest BCUT2D eigenvalue weighted by Crippen LogP contribution is -2.31. The van der Waals surface area contributed by atoms with Crippen LogP contribution in [0.5, 0.6) is 0 Å². The minimum atomic E-state index is -0.952. The number of carbonyl (C=O) groups excluding carboxylic acids is 5. The van der Waals surface area contributed by atoms with E-state index in [1.54, 1.807) is 0 Å². The highest BCUT2D eigenvalue weighted by molar-refractivity contribution is 5.88. The largest absolute Gasteiger partial charge is 0.465 e. The van der Waals surface area contributed by atoms with Crippen molar-refractivity contribution in [2.45, 2.75) is 233 Å². The van der Waals surface area contributed by atoms with Gasteiger partial charge in [0.1, 0.15) is 13.2 Å². The SMILES string of the molecule is CCCCC/C=C(\CCCCCCCC)C(=O)OCCCCC(=O)O[C@H](COC(=O)CCCCOC(=O)C(CCCCCC)CCCCCCCC)COC(=O)CCCN(C)C. The molecule has 0 N–H and O–H groups in total. The molecule has 0 aromatic heterocycles. The summed E-state index contributed by atoms with van der Waals surface area (Å²) in [5, 5.41) is 0. The van der Waals surface area contributed by atoms with Crippen molar-refractivity contribution in [1.82, 2.24) is 4.90 Å². The van der Waals surface area contributed by atoms with E-state index in [9.17, 15) is 24.0 Å². The molecule has 0 rings (SSSR count). The van der Waals surface area contributed by atoms with E-state index in [-0.39, 0.29) is 63.5 Å². The van der Waals surface area contributed by atoms with Crippen LogP contribution in [-0.2, 0) is 47.7 Å². The van der Waals surface area contributed by atoms with Crippen LogP contribution < -0.4 is 0 Å². The maximum Gasteiger partial charge on any atom is 0.333 e. The van der Waals surface area contributed by atoms with Crippen LogP contribution in [0.15, 0.2) is 11.6 Å². The Morgan fingerprint density at radius 2 is 0.919 bits per heavy atom. The summed E-state index contributed by atoms with van der Waals surface area (Å²) in [5.74, 6) is -1.86. The fraction of sp³-hybridized carbons (Fsp3) is 0.863. The summed E-state index contributed by atoms with van der Waals surface area (Å²) in [6.45, 7) is 9.49. The van der Waals surface area contributed by atoms with E-state index in [0.717, 1.165) is 102 Å². The molecule has 0 aliphatic carbocycles. The molecule has 0 aromatic rings. The van der Waals surface area contributed by atoms with Crippen molar-refractivity contribution < 1.29 is 47.7 Å². The molecule has 0 radical (unpaired) electrons. The molecule has 0 aliphatic heterocycles. The number of unbranched alkanes of at least 4 members (excludes halogenated alkanes) is 18. The Balaban J connectivity index is 4.93. The van der Waals surface area contributed by atoms with Gasteiger partial charge in [0.2, 0.25) is 0 Å². The van der Waals surface area contributed by atoms with Gasteiger partial charge in [-0.25, -0.2) is 4.79 Å². The summed E-state index contributed by atoms with van der Waals surface area (Å²) in [6, 6.07) is 0. The fourth-order valence-corrected chi connectivity index (χ4v) is 7.13. The van der Waals surface area contributed by atoms with Gasteiger partial charge in [0.15, 0.2) is 6.10 Å². The van der Waals surface area contributed by atoms with Crippen molar-refractivity contribution in [3.05, 3.63) is 11.6 Å². The lowest BCUT2D eigenvalue weighted by Gasteiger charge is -2.18. The molecular weight excluding hydrogens is 787 g/mol. The quantitative estimate of drug-likeness (QED) is 0.0250. The average molecular weight is 880 g/mol. The molecular formula is C51H93NO10. The van der Waals surface area contributed by atoms with Gasteiger partial charge in [0.05, 0.1) is 19.1 Å². The third kappa shape index (κ3) is 37.6. The van der Waals surface area contributed by atoms with Crippen LogP contribution in [0.3, 0.4) is 0 Å². The Hall–Kier alpha value is -2.95. The topological polar surface area (TPSA) is 135 Å². The van der Waals surface area contributed by atoms with Crippen molar-refractivity contribution in [2.75, 3.05) is 47.1 Å². The van der Waals surface area contributed by atoms with Crippen LogP contribution in [-0.4, -0.2) is 87.9 Å². The molecule has 0 bridgehead atoms. The molecule has 0 aromatic carbocycles. The third-order valence-electron chi connectivity index (χ3n) is 11.1. The van der Waals surface area contributed by atoms with Gasteiger partial charge in [-0.2, -0.15) is 0 Å². The minimum Gasteiger partial charge on any atom is -0.465 e. The van der Waals surface area contributed by atoms with Crippen LogP contribution in [0.4, 0.5) is 0 Å². The molecule has 0 fully saturated rings. The smallest absolute Gasteiger partial charge is 0.333 e. The normalized spacial score (nSPS) is 12.5. The third-order valence-corrected chi connectivity index (χ3v) is 11.1. The highest BCUT2D eigenvalue weighted by Gasteiger charge is 2.21. The molecule has 362 valence electrons. The number of allylic oxidation sites excluding steroid dienone is 1. The second-order valence-corrected chi connectivity index (χ2v) is 17.4. The van der Waals surface area contributed by atoms with Gasteiger partial charge in [0, 0.05) is 24.8 Å². The Labute approximate surface area is 378 Å². The van der Waals surface area contributed by atoms with E-state index in [1.165, 1.54) is 57.8 Å². The molecule has 0 saturated heterocycles. The zero-order valence-electron chi connectivity index (χ0n) is 40.7. The molecule has 1 unspecified atom stereocenters. The van der Waals surface area contributed by atoms with Crippen LogP contribution in [0.25, 0.3) is 0 Å². The van der Waals surface area contributed by atoms with Crippen LogP contribution in [0.1, 0.15) is 227 Å². The van der Waals surface area contributed by atoms with Gasteiger partial charge in [-0.15, -0.1) is 0 Å². The second-order valence-electron chi connectivity index (χ2n) is 17.4. The molecule has 62 heavy (non-hydrogen) atoms. The summed E-state index contributed by atoms with van der Waals surface area (Å²) >= 11 is 0. The molecule has 0 aliphatic rings. The number of hydrogen-bond acceptors (Lipinski definition) is 11. The summed E-state index contributed by atoms with van der Waals surface area (Å²) in [5.41, 5.74) is 0.754. The summed E-state index contributed by atoms with van der Waals surface area (Å²) < 4.78 is 27.8. The summed E-state index contributed by atoms with van der Waals surface area (Å²) in [7, 11) is 3.85. The van der Waals surface area contributed by atoms with Gasteiger partial charge in [-0.3, -0.25) is 19.2 Å². The Morgan fingerprint density at radius 1 is 0.468 bits per heavy atom.